The van der Waals surface area contributed by atoms with E-state index in [9.17, 15) is 4.79 Å². The molecule has 0 saturated carbocycles. The van der Waals surface area contributed by atoms with Gasteiger partial charge in [-0.3, -0.25) is 4.79 Å². The summed E-state index contributed by atoms with van der Waals surface area (Å²) in [4.78, 5) is 11.9. The predicted octanol–water partition coefficient (Wildman–Crippen LogP) is 3.37. The van der Waals surface area contributed by atoms with Gasteiger partial charge in [0.2, 0.25) is 0 Å². The van der Waals surface area contributed by atoms with Crippen molar-refractivity contribution in [3.8, 4) is 0 Å². The summed E-state index contributed by atoms with van der Waals surface area (Å²) in [5.74, 6) is 0.778. The Bertz CT molecular complexity index is 271. The van der Waals surface area contributed by atoms with Gasteiger partial charge in [0.25, 0.3) is 0 Å². The molecule has 0 bridgehead atoms. The Morgan fingerprint density at radius 3 is 2.64 bits per heavy atom. The SMILES string of the molecule is CC=CC(=O)C1[C@@H](C)C=CCC1(C)C. The maximum atomic E-state index is 11.9. The van der Waals surface area contributed by atoms with Crippen LogP contribution < -0.4 is 0 Å². The minimum absolute atomic E-state index is 0.102. The molecule has 1 unspecified atom stereocenters. The molecule has 14 heavy (non-hydrogen) atoms. The van der Waals surface area contributed by atoms with Crippen LogP contribution >= 0.6 is 0 Å². The van der Waals surface area contributed by atoms with Crippen LogP contribution in [0.5, 0.6) is 0 Å². The van der Waals surface area contributed by atoms with Gasteiger partial charge in [-0.05, 0) is 30.8 Å². The number of carbonyl (C=O) groups is 1. The third-order valence-electron chi connectivity index (χ3n) is 3.09. The van der Waals surface area contributed by atoms with Gasteiger partial charge in [-0.1, -0.05) is 39.0 Å². The molecule has 1 rings (SSSR count). The maximum Gasteiger partial charge on any atom is 0.159 e. The first kappa shape index (κ1) is 11.2. The molecule has 1 aliphatic carbocycles. The Hall–Kier alpha value is -0.850. The summed E-state index contributed by atoms with van der Waals surface area (Å²) >= 11 is 0. The number of ketones is 1. The number of hydrogen-bond donors (Lipinski definition) is 0. The molecule has 2 atom stereocenters. The van der Waals surface area contributed by atoms with Crippen LogP contribution in [0.1, 0.15) is 34.1 Å². The van der Waals surface area contributed by atoms with Crippen LogP contribution in [0.3, 0.4) is 0 Å². The van der Waals surface area contributed by atoms with Crippen molar-refractivity contribution in [1.82, 2.24) is 0 Å². The fraction of sp³-hybridized carbons (Fsp3) is 0.615. The molecule has 0 radical (unpaired) electrons. The van der Waals surface area contributed by atoms with Crippen LogP contribution in [0.15, 0.2) is 24.3 Å². The molecule has 0 aromatic carbocycles. The molecule has 0 heterocycles. The zero-order valence-electron chi connectivity index (χ0n) is 9.58. The summed E-state index contributed by atoms with van der Waals surface area (Å²) in [6, 6.07) is 0. The molecule has 0 spiro atoms. The minimum Gasteiger partial charge on any atom is -0.295 e. The lowest BCUT2D eigenvalue weighted by Crippen LogP contribution is -2.36. The van der Waals surface area contributed by atoms with Crippen molar-refractivity contribution in [3.63, 3.8) is 0 Å². The Morgan fingerprint density at radius 2 is 2.14 bits per heavy atom. The van der Waals surface area contributed by atoms with E-state index < -0.39 is 0 Å². The highest BCUT2D eigenvalue weighted by Crippen LogP contribution is 2.41. The number of rotatable bonds is 2. The fourth-order valence-electron chi connectivity index (χ4n) is 2.45. The highest BCUT2D eigenvalue weighted by Gasteiger charge is 2.38. The summed E-state index contributed by atoms with van der Waals surface area (Å²) in [6.45, 7) is 8.38. The quantitative estimate of drug-likeness (QED) is 0.484. The lowest BCUT2D eigenvalue weighted by Gasteiger charge is -2.38. The summed E-state index contributed by atoms with van der Waals surface area (Å²) in [5, 5.41) is 0. The van der Waals surface area contributed by atoms with Crippen molar-refractivity contribution in [2.45, 2.75) is 34.1 Å². The normalized spacial score (nSPS) is 30.9. The van der Waals surface area contributed by atoms with E-state index in [4.69, 9.17) is 0 Å². The zero-order chi connectivity index (χ0) is 10.8. The second-order valence-electron chi connectivity index (χ2n) is 4.86. The standard InChI is InChI=1S/C13H20O/c1-5-7-11(14)12-10(2)8-6-9-13(12,3)4/h5-8,10,12H,9H2,1-4H3/t10-,12?/m0/s1. The molecule has 1 nitrogen and oxygen atoms in total. The van der Waals surface area contributed by atoms with Crippen molar-refractivity contribution in [3.05, 3.63) is 24.3 Å². The van der Waals surface area contributed by atoms with E-state index in [1.165, 1.54) is 0 Å². The van der Waals surface area contributed by atoms with Crippen molar-refractivity contribution in [2.24, 2.45) is 17.3 Å². The van der Waals surface area contributed by atoms with Gasteiger partial charge in [0, 0.05) is 5.92 Å². The largest absolute Gasteiger partial charge is 0.295 e. The van der Waals surface area contributed by atoms with Crippen LogP contribution in [0, 0.1) is 17.3 Å². The molecule has 0 aliphatic heterocycles. The average molecular weight is 192 g/mol. The van der Waals surface area contributed by atoms with E-state index in [1.807, 2.05) is 13.0 Å². The monoisotopic (exact) mass is 192 g/mol. The molecule has 0 saturated heterocycles. The van der Waals surface area contributed by atoms with Gasteiger partial charge in [-0.2, -0.15) is 0 Å². The highest BCUT2D eigenvalue weighted by atomic mass is 16.1. The molecule has 0 aromatic heterocycles. The van der Waals surface area contributed by atoms with Gasteiger partial charge >= 0.3 is 0 Å². The maximum absolute atomic E-state index is 11.9. The van der Waals surface area contributed by atoms with Crippen LogP contribution in [0.4, 0.5) is 0 Å². The average Bonchev–Trinajstić information content (AvgIpc) is 2.02. The molecule has 0 amide bonds. The highest BCUT2D eigenvalue weighted by molar-refractivity contribution is 5.92. The first-order valence-electron chi connectivity index (χ1n) is 5.32. The first-order valence-corrected chi connectivity index (χ1v) is 5.32. The second kappa shape index (κ2) is 4.12. The van der Waals surface area contributed by atoms with Crippen molar-refractivity contribution in [2.75, 3.05) is 0 Å². The molecule has 1 aliphatic rings. The summed E-state index contributed by atoms with van der Waals surface area (Å²) in [5.41, 5.74) is 0.102. The minimum atomic E-state index is 0.102. The van der Waals surface area contributed by atoms with Crippen LogP contribution in [-0.2, 0) is 4.79 Å². The lowest BCUT2D eigenvalue weighted by molar-refractivity contribution is -0.123. The Kier molecular flexibility index (Phi) is 3.30. The lowest BCUT2D eigenvalue weighted by atomic mass is 9.65. The summed E-state index contributed by atoms with van der Waals surface area (Å²) < 4.78 is 0. The third-order valence-corrected chi connectivity index (χ3v) is 3.09. The Morgan fingerprint density at radius 1 is 1.50 bits per heavy atom. The molecular weight excluding hydrogens is 172 g/mol. The number of carbonyl (C=O) groups excluding carboxylic acids is 1. The molecule has 0 N–H and O–H groups in total. The molecule has 78 valence electrons. The second-order valence-corrected chi connectivity index (χ2v) is 4.86. The van der Waals surface area contributed by atoms with Crippen LogP contribution in [-0.4, -0.2) is 5.78 Å². The summed E-state index contributed by atoms with van der Waals surface area (Å²) in [6.07, 6.45) is 8.91. The van der Waals surface area contributed by atoms with Gasteiger partial charge in [-0.25, -0.2) is 0 Å². The van der Waals surface area contributed by atoms with Gasteiger partial charge in [0.15, 0.2) is 5.78 Å². The van der Waals surface area contributed by atoms with Crippen molar-refractivity contribution >= 4 is 5.78 Å². The van der Waals surface area contributed by atoms with Crippen molar-refractivity contribution in [1.29, 1.82) is 0 Å². The molecule has 0 fully saturated rings. The number of allylic oxidation sites excluding steroid dienone is 4. The molecule has 1 heteroatoms. The summed E-state index contributed by atoms with van der Waals surface area (Å²) in [7, 11) is 0. The third kappa shape index (κ3) is 2.14. The van der Waals surface area contributed by atoms with Gasteiger partial charge in [-0.15, -0.1) is 0 Å². The van der Waals surface area contributed by atoms with Crippen LogP contribution in [0.25, 0.3) is 0 Å². The Balaban J connectivity index is 2.93. The van der Waals surface area contributed by atoms with Gasteiger partial charge in [0.1, 0.15) is 0 Å². The van der Waals surface area contributed by atoms with E-state index in [1.54, 1.807) is 6.08 Å². The van der Waals surface area contributed by atoms with E-state index in [-0.39, 0.29) is 17.1 Å². The molecule has 0 aromatic rings. The van der Waals surface area contributed by atoms with E-state index in [2.05, 4.69) is 32.9 Å². The first-order chi connectivity index (χ1) is 6.49. The van der Waals surface area contributed by atoms with Gasteiger partial charge in [0.05, 0.1) is 0 Å². The van der Waals surface area contributed by atoms with E-state index >= 15 is 0 Å². The topological polar surface area (TPSA) is 17.1 Å². The zero-order valence-corrected chi connectivity index (χ0v) is 9.58. The van der Waals surface area contributed by atoms with E-state index in [0.29, 0.717) is 5.92 Å². The Labute approximate surface area is 86.9 Å². The molecular formula is C13H20O. The fourth-order valence-corrected chi connectivity index (χ4v) is 2.45. The smallest absolute Gasteiger partial charge is 0.159 e. The number of hydrogen-bond acceptors (Lipinski definition) is 1. The predicted molar refractivity (Wildman–Crippen MR) is 60.0 cm³/mol. The van der Waals surface area contributed by atoms with Crippen LogP contribution in [0.2, 0.25) is 0 Å². The van der Waals surface area contributed by atoms with Crippen molar-refractivity contribution < 1.29 is 4.79 Å². The van der Waals surface area contributed by atoms with E-state index in [0.717, 1.165) is 6.42 Å². The van der Waals surface area contributed by atoms with Gasteiger partial charge < -0.3 is 0 Å².